The molecule has 1 aromatic carbocycles. The van der Waals surface area contributed by atoms with Crippen molar-refractivity contribution in [3.05, 3.63) is 34.9 Å². The van der Waals surface area contributed by atoms with E-state index in [1.807, 2.05) is 25.1 Å². The van der Waals surface area contributed by atoms with Crippen LogP contribution in [0.4, 0.5) is 0 Å². The maximum atomic E-state index is 12.3. The molecule has 1 fully saturated rings. The molecule has 1 saturated heterocycles. The third-order valence-electron chi connectivity index (χ3n) is 3.59. The molecule has 0 saturated carbocycles. The van der Waals surface area contributed by atoms with Crippen molar-refractivity contribution in [2.75, 3.05) is 13.6 Å². The van der Waals surface area contributed by atoms with Crippen LogP contribution in [0.3, 0.4) is 0 Å². The van der Waals surface area contributed by atoms with Crippen molar-refractivity contribution in [1.29, 1.82) is 0 Å². The first-order valence-corrected chi connectivity index (χ1v) is 6.65. The predicted octanol–water partition coefficient (Wildman–Crippen LogP) is 2.00. The summed E-state index contributed by atoms with van der Waals surface area (Å²) in [6.07, 6.45) is 0.283. The number of nitrogens with zero attached hydrogens (tertiary/aromatic N) is 1. The summed E-state index contributed by atoms with van der Waals surface area (Å²) in [6, 6.07) is 7.40. The number of carbonyl (C=O) groups is 2. The standard InChI is InChI=1S/C14H17ClN2O2/c1-9(10-4-3-5-12(15)6-10)17(2)14(19)11-7-13(18)16-8-11/h3-6,9,11H,7-8H2,1-2H3,(H,16,18). The average Bonchev–Trinajstić information content (AvgIpc) is 2.83. The Morgan fingerprint density at radius 1 is 1.53 bits per heavy atom. The van der Waals surface area contributed by atoms with Gasteiger partial charge in [0.05, 0.1) is 12.0 Å². The van der Waals surface area contributed by atoms with Crippen LogP contribution in [0, 0.1) is 5.92 Å². The van der Waals surface area contributed by atoms with Gasteiger partial charge in [0.25, 0.3) is 0 Å². The lowest BCUT2D eigenvalue weighted by Crippen LogP contribution is -2.35. The summed E-state index contributed by atoms with van der Waals surface area (Å²) in [6.45, 7) is 2.39. The molecular weight excluding hydrogens is 264 g/mol. The van der Waals surface area contributed by atoms with Gasteiger partial charge < -0.3 is 10.2 Å². The minimum atomic E-state index is -0.251. The Morgan fingerprint density at radius 3 is 2.84 bits per heavy atom. The van der Waals surface area contributed by atoms with Gasteiger partial charge in [-0.2, -0.15) is 0 Å². The molecular formula is C14H17ClN2O2. The van der Waals surface area contributed by atoms with Crippen LogP contribution in [0.15, 0.2) is 24.3 Å². The van der Waals surface area contributed by atoms with Crippen LogP contribution in [0.2, 0.25) is 5.02 Å². The first-order chi connectivity index (χ1) is 8.99. The van der Waals surface area contributed by atoms with Crippen molar-refractivity contribution >= 4 is 23.4 Å². The fourth-order valence-corrected chi connectivity index (χ4v) is 2.45. The fraction of sp³-hybridized carbons (Fsp3) is 0.429. The Bertz CT molecular complexity index is 504. The summed E-state index contributed by atoms with van der Waals surface area (Å²) >= 11 is 5.96. The topological polar surface area (TPSA) is 49.4 Å². The van der Waals surface area contributed by atoms with Crippen molar-refractivity contribution in [2.45, 2.75) is 19.4 Å². The van der Waals surface area contributed by atoms with Crippen LogP contribution < -0.4 is 5.32 Å². The molecule has 0 radical (unpaired) electrons. The molecule has 1 aliphatic heterocycles. The molecule has 0 spiro atoms. The highest BCUT2D eigenvalue weighted by Crippen LogP contribution is 2.24. The number of nitrogens with one attached hydrogen (secondary N) is 1. The lowest BCUT2D eigenvalue weighted by atomic mass is 10.0. The predicted molar refractivity (Wildman–Crippen MR) is 73.8 cm³/mol. The van der Waals surface area contributed by atoms with Crippen LogP contribution >= 0.6 is 11.6 Å². The van der Waals surface area contributed by atoms with E-state index in [-0.39, 0.29) is 30.2 Å². The minimum absolute atomic E-state index is 0.00849. The minimum Gasteiger partial charge on any atom is -0.355 e. The third kappa shape index (κ3) is 3.07. The molecule has 102 valence electrons. The maximum Gasteiger partial charge on any atom is 0.228 e. The molecule has 2 unspecified atom stereocenters. The second-order valence-corrected chi connectivity index (χ2v) is 5.32. The van der Waals surface area contributed by atoms with Gasteiger partial charge in [0.15, 0.2) is 0 Å². The average molecular weight is 281 g/mol. The molecule has 1 heterocycles. The molecule has 1 aromatic rings. The molecule has 2 rings (SSSR count). The van der Waals surface area contributed by atoms with Gasteiger partial charge in [-0.25, -0.2) is 0 Å². The summed E-state index contributed by atoms with van der Waals surface area (Å²) in [7, 11) is 1.76. The molecule has 2 amide bonds. The Balaban J connectivity index is 2.08. The van der Waals surface area contributed by atoms with E-state index in [2.05, 4.69) is 5.32 Å². The fourth-order valence-electron chi connectivity index (χ4n) is 2.25. The molecule has 0 aliphatic carbocycles. The largest absolute Gasteiger partial charge is 0.355 e. The summed E-state index contributed by atoms with van der Waals surface area (Å²) in [5, 5.41) is 3.34. The van der Waals surface area contributed by atoms with Gasteiger partial charge in [0, 0.05) is 25.0 Å². The van der Waals surface area contributed by atoms with E-state index in [1.165, 1.54) is 0 Å². The van der Waals surface area contributed by atoms with Crippen molar-refractivity contribution in [2.24, 2.45) is 5.92 Å². The number of benzene rings is 1. The van der Waals surface area contributed by atoms with E-state index in [1.54, 1.807) is 18.0 Å². The van der Waals surface area contributed by atoms with Gasteiger partial charge in [0.2, 0.25) is 11.8 Å². The van der Waals surface area contributed by atoms with Gasteiger partial charge >= 0.3 is 0 Å². The summed E-state index contributed by atoms with van der Waals surface area (Å²) in [4.78, 5) is 25.1. The Morgan fingerprint density at radius 2 is 2.26 bits per heavy atom. The SMILES string of the molecule is CC(c1cccc(Cl)c1)N(C)C(=O)C1CNC(=O)C1. The van der Waals surface area contributed by atoms with Crippen LogP contribution in [0.5, 0.6) is 0 Å². The molecule has 5 heteroatoms. The van der Waals surface area contributed by atoms with Gasteiger partial charge in [-0.3, -0.25) is 9.59 Å². The van der Waals surface area contributed by atoms with Crippen LogP contribution in [0.25, 0.3) is 0 Å². The second-order valence-electron chi connectivity index (χ2n) is 4.89. The van der Waals surface area contributed by atoms with Gasteiger partial charge in [-0.1, -0.05) is 23.7 Å². The molecule has 0 bridgehead atoms. The summed E-state index contributed by atoms with van der Waals surface area (Å²) in [5.74, 6) is -0.313. The first-order valence-electron chi connectivity index (χ1n) is 6.28. The zero-order valence-electron chi connectivity index (χ0n) is 11.0. The quantitative estimate of drug-likeness (QED) is 0.921. The Hall–Kier alpha value is -1.55. The molecule has 1 aliphatic rings. The first kappa shape index (κ1) is 13.9. The lowest BCUT2D eigenvalue weighted by Gasteiger charge is -2.27. The zero-order chi connectivity index (χ0) is 14.0. The van der Waals surface area contributed by atoms with Gasteiger partial charge in [0.1, 0.15) is 0 Å². The smallest absolute Gasteiger partial charge is 0.228 e. The molecule has 2 atom stereocenters. The highest BCUT2D eigenvalue weighted by molar-refractivity contribution is 6.30. The number of hydrogen-bond donors (Lipinski definition) is 1. The van der Waals surface area contributed by atoms with Crippen LogP contribution in [-0.2, 0) is 9.59 Å². The Labute approximate surface area is 117 Å². The van der Waals surface area contributed by atoms with E-state index in [4.69, 9.17) is 11.6 Å². The summed E-state index contributed by atoms with van der Waals surface area (Å²) < 4.78 is 0. The van der Waals surface area contributed by atoms with E-state index in [9.17, 15) is 9.59 Å². The summed E-state index contributed by atoms with van der Waals surface area (Å²) in [5.41, 5.74) is 0.987. The van der Waals surface area contributed by atoms with Crippen molar-refractivity contribution in [3.63, 3.8) is 0 Å². The van der Waals surface area contributed by atoms with E-state index in [0.29, 0.717) is 11.6 Å². The number of rotatable bonds is 3. The normalized spacial score (nSPS) is 19.9. The monoisotopic (exact) mass is 280 g/mol. The lowest BCUT2D eigenvalue weighted by molar-refractivity contribution is -0.136. The number of halogens is 1. The third-order valence-corrected chi connectivity index (χ3v) is 3.82. The van der Waals surface area contributed by atoms with Crippen molar-refractivity contribution in [3.8, 4) is 0 Å². The number of amides is 2. The van der Waals surface area contributed by atoms with Crippen molar-refractivity contribution in [1.82, 2.24) is 10.2 Å². The number of hydrogen-bond acceptors (Lipinski definition) is 2. The van der Waals surface area contributed by atoms with Crippen molar-refractivity contribution < 1.29 is 9.59 Å². The number of carbonyl (C=O) groups excluding carboxylic acids is 2. The maximum absolute atomic E-state index is 12.3. The van der Waals surface area contributed by atoms with E-state index >= 15 is 0 Å². The van der Waals surface area contributed by atoms with Crippen LogP contribution in [-0.4, -0.2) is 30.3 Å². The highest BCUT2D eigenvalue weighted by atomic mass is 35.5. The van der Waals surface area contributed by atoms with Crippen LogP contribution in [0.1, 0.15) is 24.9 Å². The van der Waals surface area contributed by atoms with E-state index in [0.717, 1.165) is 5.56 Å². The van der Waals surface area contributed by atoms with Gasteiger partial charge in [-0.05, 0) is 24.6 Å². The zero-order valence-corrected chi connectivity index (χ0v) is 11.8. The molecule has 4 nitrogen and oxygen atoms in total. The van der Waals surface area contributed by atoms with Gasteiger partial charge in [-0.15, -0.1) is 0 Å². The molecule has 19 heavy (non-hydrogen) atoms. The highest BCUT2D eigenvalue weighted by Gasteiger charge is 2.31. The molecule has 0 aromatic heterocycles. The molecule has 1 N–H and O–H groups in total. The Kier molecular flexibility index (Phi) is 4.10. The second kappa shape index (κ2) is 5.61. The van der Waals surface area contributed by atoms with E-state index < -0.39 is 0 Å².